The Bertz CT molecular complexity index is 1350. The molecule has 5 rings (SSSR count). The SMILES string of the molecule is O=C(N[C@H](Cc1c[nH]c2ccccc12)C(=O)N/N=C\c1ccc2c(c1)OCCO2)c1cccs1. The Morgan fingerprint density at radius 3 is 2.79 bits per heavy atom. The third-order valence-corrected chi connectivity index (χ3v) is 6.29. The summed E-state index contributed by atoms with van der Waals surface area (Å²) in [6.07, 6.45) is 3.70. The molecule has 1 aliphatic rings. The zero-order chi connectivity index (χ0) is 23.3. The van der Waals surface area contributed by atoms with Gasteiger partial charge in [-0.3, -0.25) is 9.59 Å². The first kappa shape index (κ1) is 21.7. The number of aromatic amines is 1. The smallest absolute Gasteiger partial charge is 0.262 e. The average molecular weight is 475 g/mol. The van der Waals surface area contributed by atoms with Crippen LogP contribution in [0.5, 0.6) is 11.5 Å². The van der Waals surface area contributed by atoms with Crippen molar-refractivity contribution in [3.8, 4) is 11.5 Å². The highest BCUT2D eigenvalue weighted by Crippen LogP contribution is 2.30. The predicted octanol–water partition coefficient (Wildman–Crippen LogP) is 3.49. The van der Waals surface area contributed by atoms with E-state index in [1.54, 1.807) is 24.3 Å². The fourth-order valence-electron chi connectivity index (χ4n) is 3.76. The molecule has 172 valence electrons. The molecule has 34 heavy (non-hydrogen) atoms. The van der Waals surface area contributed by atoms with Crippen molar-refractivity contribution in [1.29, 1.82) is 0 Å². The number of thiophene rings is 1. The second-order valence-electron chi connectivity index (χ2n) is 7.70. The molecule has 8 nitrogen and oxygen atoms in total. The van der Waals surface area contributed by atoms with Crippen LogP contribution in [0.15, 0.2) is 71.3 Å². The topological polar surface area (TPSA) is 105 Å². The highest BCUT2D eigenvalue weighted by atomic mass is 32.1. The van der Waals surface area contributed by atoms with Crippen molar-refractivity contribution >= 4 is 40.3 Å². The van der Waals surface area contributed by atoms with Crippen molar-refractivity contribution in [3.63, 3.8) is 0 Å². The van der Waals surface area contributed by atoms with E-state index in [1.165, 1.54) is 17.6 Å². The van der Waals surface area contributed by atoms with Gasteiger partial charge in [-0.2, -0.15) is 5.10 Å². The van der Waals surface area contributed by atoms with Crippen LogP contribution in [0, 0.1) is 0 Å². The first-order valence-electron chi connectivity index (χ1n) is 10.8. The van der Waals surface area contributed by atoms with Crippen LogP contribution < -0.4 is 20.2 Å². The third-order valence-electron chi connectivity index (χ3n) is 5.42. The maximum Gasteiger partial charge on any atom is 0.262 e. The van der Waals surface area contributed by atoms with Crippen LogP contribution in [-0.2, 0) is 11.2 Å². The Morgan fingerprint density at radius 1 is 1.09 bits per heavy atom. The number of nitrogens with zero attached hydrogens (tertiary/aromatic N) is 1. The number of hydrogen-bond donors (Lipinski definition) is 3. The summed E-state index contributed by atoms with van der Waals surface area (Å²) in [5.74, 6) is 0.610. The minimum absolute atomic E-state index is 0.300. The highest BCUT2D eigenvalue weighted by Gasteiger charge is 2.23. The van der Waals surface area contributed by atoms with E-state index in [0.717, 1.165) is 22.0 Å². The average Bonchev–Trinajstić information content (AvgIpc) is 3.54. The van der Waals surface area contributed by atoms with Crippen molar-refractivity contribution in [1.82, 2.24) is 15.7 Å². The lowest BCUT2D eigenvalue weighted by Gasteiger charge is -2.18. The van der Waals surface area contributed by atoms with Gasteiger partial charge in [0.2, 0.25) is 0 Å². The Balaban J connectivity index is 1.32. The Hall–Kier alpha value is -4.11. The van der Waals surface area contributed by atoms with Gasteiger partial charge in [-0.05, 0) is 46.8 Å². The lowest BCUT2D eigenvalue weighted by atomic mass is 10.0. The first-order valence-corrected chi connectivity index (χ1v) is 11.7. The van der Waals surface area contributed by atoms with Crippen LogP contribution in [0.2, 0.25) is 0 Å². The molecule has 3 heterocycles. The Labute approximate surface area is 199 Å². The van der Waals surface area contributed by atoms with Crippen LogP contribution in [0.1, 0.15) is 20.8 Å². The van der Waals surface area contributed by atoms with Crippen molar-refractivity contribution in [2.75, 3.05) is 13.2 Å². The lowest BCUT2D eigenvalue weighted by molar-refractivity contribution is -0.122. The molecule has 4 aromatic rings. The summed E-state index contributed by atoms with van der Waals surface area (Å²) in [7, 11) is 0. The molecule has 2 amide bonds. The zero-order valence-electron chi connectivity index (χ0n) is 18.1. The fraction of sp³-hybridized carbons (Fsp3) is 0.160. The number of aromatic nitrogens is 1. The van der Waals surface area contributed by atoms with Crippen LogP contribution in [0.25, 0.3) is 10.9 Å². The van der Waals surface area contributed by atoms with Crippen molar-refractivity contribution in [2.45, 2.75) is 12.5 Å². The number of ether oxygens (including phenoxy) is 2. The number of para-hydroxylation sites is 1. The molecule has 2 aromatic carbocycles. The molecule has 9 heteroatoms. The number of carbonyl (C=O) groups excluding carboxylic acids is 2. The van der Waals surface area contributed by atoms with Crippen molar-refractivity contribution in [2.24, 2.45) is 5.10 Å². The standard InChI is InChI=1S/C25H22N4O4S/c30-24(29-27-14-16-7-8-21-22(12-16)33-10-9-32-21)20(28-25(31)23-6-3-11-34-23)13-17-15-26-19-5-2-1-4-18(17)19/h1-8,11-12,14-15,20,26H,9-10,13H2,(H,28,31)(H,29,30)/b27-14-/t20-/m1/s1. The van der Waals surface area contributed by atoms with Gasteiger partial charge in [0.1, 0.15) is 19.3 Å². The van der Waals surface area contributed by atoms with E-state index >= 15 is 0 Å². The number of H-pyrrole nitrogens is 1. The van der Waals surface area contributed by atoms with Crippen LogP contribution in [-0.4, -0.2) is 42.3 Å². The van der Waals surface area contributed by atoms with E-state index in [2.05, 4.69) is 20.8 Å². The summed E-state index contributed by atoms with van der Waals surface area (Å²) < 4.78 is 11.1. The lowest BCUT2D eigenvalue weighted by Crippen LogP contribution is -2.46. The van der Waals surface area contributed by atoms with Gasteiger partial charge in [-0.1, -0.05) is 24.3 Å². The van der Waals surface area contributed by atoms with Gasteiger partial charge in [0.25, 0.3) is 11.8 Å². The first-order chi connectivity index (χ1) is 16.7. The molecule has 0 fully saturated rings. The van der Waals surface area contributed by atoms with E-state index in [-0.39, 0.29) is 5.91 Å². The minimum atomic E-state index is -0.814. The summed E-state index contributed by atoms with van der Waals surface area (Å²) in [6.45, 7) is 1.01. The minimum Gasteiger partial charge on any atom is -0.486 e. The molecule has 0 unspecified atom stereocenters. The summed E-state index contributed by atoms with van der Waals surface area (Å²) in [6, 6.07) is 16.0. The van der Waals surface area contributed by atoms with E-state index in [0.29, 0.717) is 36.0 Å². The monoisotopic (exact) mass is 474 g/mol. The van der Waals surface area contributed by atoms with Gasteiger partial charge in [-0.25, -0.2) is 5.43 Å². The Kier molecular flexibility index (Phi) is 6.26. The van der Waals surface area contributed by atoms with Gasteiger partial charge in [0.05, 0.1) is 11.1 Å². The number of amides is 2. The number of hydrazone groups is 1. The second kappa shape index (κ2) is 9.80. The number of rotatable bonds is 7. The zero-order valence-corrected chi connectivity index (χ0v) is 18.9. The predicted molar refractivity (Wildman–Crippen MR) is 131 cm³/mol. The van der Waals surface area contributed by atoms with Gasteiger partial charge >= 0.3 is 0 Å². The summed E-state index contributed by atoms with van der Waals surface area (Å²) >= 11 is 1.32. The van der Waals surface area contributed by atoms with E-state index in [9.17, 15) is 9.59 Å². The molecular weight excluding hydrogens is 452 g/mol. The molecule has 0 aliphatic carbocycles. The summed E-state index contributed by atoms with van der Waals surface area (Å²) in [5, 5.41) is 9.77. The van der Waals surface area contributed by atoms with Gasteiger partial charge in [-0.15, -0.1) is 11.3 Å². The maximum absolute atomic E-state index is 13.0. The maximum atomic E-state index is 13.0. The van der Waals surface area contributed by atoms with Gasteiger partial charge < -0.3 is 19.8 Å². The molecule has 0 saturated carbocycles. The normalized spacial score (nSPS) is 13.6. The quantitative estimate of drug-likeness (QED) is 0.282. The Morgan fingerprint density at radius 2 is 1.94 bits per heavy atom. The number of fused-ring (bicyclic) bond motifs is 2. The molecule has 0 saturated heterocycles. The molecule has 0 bridgehead atoms. The molecule has 0 spiro atoms. The number of benzene rings is 2. The summed E-state index contributed by atoms with van der Waals surface area (Å²) in [5.41, 5.74) is 5.21. The molecule has 1 atom stereocenters. The van der Waals surface area contributed by atoms with Crippen molar-refractivity contribution in [3.05, 3.63) is 82.2 Å². The van der Waals surface area contributed by atoms with E-state index in [4.69, 9.17) is 9.47 Å². The molecule has 1 aliphatic heterocycles. The second-order valence-corrected chi connectivity index (χ2v) is 8.65. The number of carbonyl (C=O) groups is 2. The number of nitrogens with one attached hydrogen (secondary N) is 3. The van der Waals surface area contributed by atoms with Gasteiger partial charge in [0, 0.05) is 23.5 Å². The van der Waals surface area contributed by atoms with E-state index < -0.39 is 11.9 Å². The molecule has 2 aromatic heterocycles. The molecular formula is C25H22N4O4S. The molecule has 0 radical (unpaired) electrons. The largest absolute Gasteiger partial charge is 0.486 e. The van der Waals surface area contributed by atoms with E-state index in [1.807, 2.05) is 41.9 Å². The number of hydrogen-bond acceptors (Lipinski definition) is 6. The van der Waals surface area contributed by atoms with Crippen LogP contribution >= 0.6 is 11.3 Å². The third kappa shape index (κ3) is 4.79. The van der Waals surface area contributed by atoms with Crippen LogP contribution in [0.4, 0.5) is 0 Å². The fourth-order valence-corrected chi connectivity index (χ4v) is 4.38. The summed E-state index contributed by atoms with van der Waals surface area (Å²) in [4.78, 5) is 29.5. The van der Waals surface area contributed by atoms with Crippen molar-refractivity contribution < 1.29 is 19.1 Å². The van der Waals surface area contributed by atoms with Crippen LogP contribution in [0.3, 0.4) is 0 Å². The van der Waals surface area contributed by atoms with Gasteiger partial charge in [0.15, 0.2) is 11.5 Å². The highest BCUT2D eigenvalue weighted by molar-refractivity contribution is 7.12. The molecule has 3 N–H and O–H groups in total.